The van der Waals surface area contributed by atoms with E-state index < -0.39 is 0 Å². The van der Waals surface area contributed by atoms with Crippen LogP contribution in [0.1, 0.15) is 16.8 Å². The maximum atomic E-state index is 8.69. The molecule has 1 aromatic heterocycles. The molecule has 2 aromatic rings. The first kappa shape index (κ1) is 11.6. The lowest BCUT2D eigenvalue weighted by Crippen LogP contribution is -1.89. The van der Waals surface area contributed by atoms with Gasteiger partial charge in [0.05, 0.1) is 11.6 Å². The van der Waals surface area contributed by atoms with E-state index in [-0.39, 0.29) is 0 Å². The highest BCUT2D eigenvalue weighted by Gasteiger charge is 1.99. The van der Waals surface area contributed by atoms with Crippen LogP contribution in [-0.4, -0.2) is 9.97 Å². The van der Waals surface area contributed by atoms with Crippen molar-refractivity contribution in [1.29, 1.82) is 5.26 Å². The Balaban J connectivity index is 2.00. The van der Waals surface area contributed by atoms with Crippen LogP contribution in [0.15, 0.2) is 41.7 Å². The molecular formula is C13H11N3S. The van der Waals surface area contributed by atoms with Crippen LogP contribution in [0.2, 0.25) is 0 Å². The van der Waals surface area contributed by atoms with Gasteiger partial charge in [0, 0.05) is 17.6 Å². The Hall–Kier alpha value is -1.86. The summed E-state index contributed by atoms with van der Waals surface area (Å²) in [4.78, 5) is 8.51. The molecule has 0 saturated carbocycles. The van der Waals surface area contributed by atoms with E-state index in [1.54, 1.807) is 18.0 Å². The zero-order valence-corrected chi connectivity index (χ0v) is 10.2. The first-order chi connectivity index (χ1) is 8.28. The Labute approximate surface area is 105 Å². The molecule has 0 saturated heterocycles. The molecule has 0 fully saturated rings. The van der Waals surface area contributed by atoms with Crippen LogP contribution in [0.3, 0.4) is 0 Å². The molecule has 3 nitrogen and oxygen atoms in total. The summed E-state index contributed by atoms with van der Waals surface area (Å²) in [7, 11) is 0. The zero-order valence-electron chi connectivity index (χ0n) is 9.42. The number of benzene rings is 1. The lowest BCUT2D eigenvalue weighted by molar-refractivity contribution is 0.932. The Bertz CT molecular complexity index is 543. The Morgan fingerprint density at radius 1 is 1.24 bits per heavy atom. The van der Waals surface area contributed by atoms with Crippen LogP contribution in [-0.2, 0) is 5.75 Å². The fourth-order valence-corrected chi connectivity index (χ4v) is 2.15. The molecule has 17 heavy (non-hydrogen) atoms. The highest BCUT2D eigenvalue weighted by molar-refractivity contribution is 7.98. The van der Waals surface area contributed by atoms with Crippen LogP contribution in [0.5, 0.6) is 0 Å². The maximum Gasteiger partial charge on any atom is 0.188 e. The van der Waals surface area contributed by atoms with Crippen molar-refractivity contribution in [2.75, 3.05) is 0 Å². The van der Waals surface area contributed by atoms with Gasteiger partial charge in [0.2, 0.25) is 0 Å². The van der Waals surface area contributed by atoms with Gasteiger partial charge in [0.15, 0.2) is 5.16 Å². The molecule has 0 N–H and O–H groups in total. The molecule has 0 spiro atoms. The summed E-state index contributed by atoms with van der Waals surface area (Å²) in [6, 6.07) is 11.6. The average molecular weight is 241 g/mol. The van der Waals surface area contributed by atoms with E-state index in [9.17, 15) is 0 Å². The zero-order chi connectivity index (χ0) is 12.1. The normalized spacial score (nSPS) is 9.88. The number of rotatable bonds is 3. The predicted molar refractivity (Wildman–Crippen MR) is 67.5 cm³/mol. The van der Waals surface area contributed by atoms with Crippen LogP contribution in [0.4, 0.5) is 0 Å². The minimum atomic E-state index is 0.686. The predicted octanol–water partition coefficient (Wildman–Crippen LogP) is 2.95. The standard InChI is InChI=1S/C13H11N3S/c1-10-6-7-15-13(16-10)17-9-12-4-2-11(8-14)3-5-12/h2-7H,9H2,1H3. The molecule has 0 amide bonds. The second-order valence-electron chi connectivity index (χ2n) is 3.58. The summed E-state index contributed by atoms with van der Waals surface area (Å²) in [5.74, 6) is 0.815. The molecule has 0 atom stereocenters. The fraction of sp³-hybridized carbons (Fsp3) is 0.154. The number of aromatic nitrogens is 2. The highest BCUT2D eigenvalue weighted by atomic mass is 32.2. The van der Waals surface area contributed by atoms with E-state index in [2.05, 4.69) is 16.0 Å². The van der Waals surface area contributed by atoms with Gasteiger partial charge in [0.25, 0.3) is 0 Å². The van der Waals surface area contributed by atoms with Gasteiger partial charge in [0.1, 0.15) is 0 Å². The number of hydrogen-bond donors (Lipinski definition) is 0. The van der Waals surface area contributed by atoms with Crippen molar-refractivity contribution in [3.05, 3.63) is 53.3 Å². The molecule has 0 bridgehead atoms. The summed E-state index contributed by atoms with van der Waals surface area (Å²) in [6.45, 7) is 1.95. The van der Waals surface area contributed by atoms with E-state index in [1.807, 2.05) is 37.3 Å². The average Bonchev–Trinajstić information content (AvgIpc) is 2.37. The number of hydrogen-bond acceptors (Lipinski definition) is 4. The smallest absolute Gasteiger partial charge is 0.188 e. The van der Waals surface area contributed by atoms with Crippen molar-refractivity contribution in [2.24, 2.45) is 0 Å². The third-order valence-corrected chi connectivity index (χ3v) is 3.16. The third-order valence-electron chi connectivity index (χ3n) is 2.22. The summed E-state index contributed by atoms with van der Waals surface area (Å²) >= 11 is 1.60. The van der Waals surface area contributed by atoms with Crippen molar-refractivity contribution < 1.29 is 0 Å². The van der Waals surface area contributed by atoms with Crippen LogP contribution in [0, 0.1) is 18.3 Å². The first-order valence-electron chi connectivity index (χ1n) is 5.19. The second-order valence-corrected chi connectivity index (χ2v) is 4.52. The molecule has 0 aliphatic rings. The van der Waals surface area contributed by atoms with Gasteiger partial charge in [-0.25, -0.2) is 9.97 Å². The van der Waals surface area contributed by atoms with Gasteiger partial charge in [-0.2, -0.15) is 5.26 Å². The minimum absolute atomic E-state index is 0.686. The van der Waals surface area contributed by atoms with E-state index >= 15 is 0 Å². The monoisotopic (exact) mass is 241 g/mol. The summed E-state index contributed by atoms with van der Waals surface area (Å²) < 4.78 is 0. The molecular weight excluding hydrogens is 230 g/mol. The van der Waals surface area contributed by atoms with E-state index in [0.29, 0.717) is 5.56 Å². The van der Waals surface area contributed by atoms with Crippen molar-refractivity contribution in [1.82, 2.24) is 9.97 Å². The number of aryl methyl sites for hydroxylation is 1. The van der Waals surface area contributed by atoms with Crippen molar-refractivity contribution in [3.63, 3.8) is 0 Å². The molecule has 1 heterocycles. The minimum Gasteiger partial charge on any atom is -0.231 e. The lowest BCUT2D eigenvalue weighted by atomic mass is 10.2. The SMILES string of the molecule is Cc1ccnc(SCc2ccc(C#N)cc2)n1. The van der Waals surface area contributed by atoms with E-state index in [1.165, 1.54) is 5.56 Å². The number of nitriles is 1. The maximum absolute atomic E-state index is 8.69. The molecule has 0 radical (unpaired) electrons. The largest absolute Gasteiger partial charge is 0.231 e. The lowest BCUT2D eigenvalue weighted by Gasteiger charge is -2.01. The van der Waals surface area contributed by atoms with Crippen LogP contribution in [0.25, 0.3) is 0 Å². The van der Waals surface area contributed by atoms with Crippen LogP contribution >= 0.6 is 11.8 Å². The van der Waals surface area contributed by atoms with Crippen molar-refractivity contribution in [3.8, 4) is 6.07 Å². The van der Waals surface area contributed by atoms with Gasteiger partial charge in [-0.3, -0.25) is 0 Å². The van der Waals surface area contributed by atoms with Crippen molar-refractivity contribution in [2.45, 2.75) is 17.8 Å². The molecule has 0 aliphatic heterocycles. The molecule has 0 aliphatic carbocycles. The molecule has 2 rings (SSSR count). The Morgan fingerprint density at radius 2 is 2.00 bits per heavy atom. The van der Waals surface area contributed by atoms with E-state index in [0.717, 1.165) is 16.6 Å². The number of nitrogens with zero attached hydrogens (tertiary/aromatic N) is 3. The van der Waals surface area contributed by atoms with Gasteiger partial charge in [-0.15, -0.1) is 0 Å². The van der Waals surface area contributed by atoms with Gasteiger partial charge >= 0.3 is 0 Å². The Kier molecular flexibility index (Phi) is 3.73. The topological polar surface area (TPSA) is 49.6 Å². The van der Waals surface area contributed by atoms with Gasteiger partial charge < -0.3 is 0 Å². The third kappa shape index (κ3) is 3.30. The summed E-state index contributed by atoms with van der Waals surface area (Å²) in [5, 5.41) is 9.48. The van der Waals surface area contributed by atoms with Crippen molar-refractivity contribution >= 4 is 11.8 Å². The van der Waals surface area contributed by atoms with Crippen LogP contribution < -0.4 is 0 Å². The number of thioether (sulfide) groups is 1. The van der Waals surface area contributed by atoms with Gasteiger partial charge in [-0.1, -0.05) is 23.9 Å². The quantitative estimate of drug-likeness (QED) is 0.612. The first-order valence-corrected chi connectivity index (χ1v) is 6.18. The summed E-state index contributed by atoms with van der Waals surface area (Å²) in [6.07, 6.45) is 1.77. The second kappa shape index (κ2) is 5.46. The Morgan fingerprint density at radius 3 is 2.65 bits per heavy atom. The molecule has 84 valence electrons. The highest BCUT2D eigenvalue weighted by Crippen LogP contribution is 2.19. The van der Waals surface area contributed by atoms with E-state index in [4.69, 9.17) is 5.26 Å². The molecule has 0 unspecified atom stereocenters. The summed E-state index contributed by atoms with van der Waals surface area (Å²) in [5.41, 5.74) is 2.83. The van der Waals surface area contributed by atoms with Gasteiger partial charge in [-0.05, 0) is 30.7 Å². The molecule has 4 heteroatoms. The molecule has 1 aromatic carbocycles. The fourth-order valence-electron chi connectivity index (χ4n) is 1.32.